The molecule has 0 radical (unpaired) electrons. The van der Waals surface area contributed by atoms with Crippen LogP contribution in [0.2, 0.25) is 0 Å². The minimum Gasteiger partial charge on any atom is -0.383 e. The number of halogens is 2. The van der Waals surface area contributed by atoms with Crippen LogP contribution in [0.5, 0.6) is 0 Å². The lowest BCUT2D eigenvalue weighted by Crippen LogP contribution is -1.94. The fraction of sp³-hybridized carbons (Fsp3) is 0.500. The molecule has 0 aromatic carbocycles. The normalized spacial score (nSPS) is 7.67. The van der Waals surface area contributed by atoms with E-state index in [1.54, 1.807) is 0 Å². The van der Waals surface area contributed by atoms with Gasteiger partial charge >= 0.3 is 5.97 Å². The molecule has 36 valence electrons. The fourth-order valence-electron chi connectivity index (χ4n) is 0.0206. The average Bonchev–Trinajstić information content (AvgIpc) is 1.65. The predicted molar refractivity (Wildman–Crippen MR) is 28.8 cm³/mol. The van der Waals surface area contributed by atoms with Gasteiger partial charge in [0.15, 0.2) is 16.3 Å². The Balaban J connectivity index is 2.99. The van der Waals surface area contributed by atoms with Crippen LogP contribution in [-0.4, -0.2) is 11.3 Å². The molecule has 0 amide bonds. The van der Waals surface area contributed by atoms with Crippen molar-refractivity contribution in [3.05, 3.63) is 0 Å². The van der Waals surface area contributed by atoms with E-state index >= 15 is 0 Å². The summed E-state index contributed by atoms with van der Waals surface area (Å²) in [7, 11) is 0. The van der Waals surface area contributed by atoms with Crippen LogP contribution in [0.1, 0.15) is 0 Å². The fourth-order valence-corrected chi connectivity index (χ4v) is 0.557. The molecule has 0 rings (SSSR count). The van der Waals surface area contributed by atoms with Crippen molar-refractivity contribution in [2.24, 2.45) is 0 Å². The van der Waals surface area contributed by atoms with Gasteiger partial charge in [-0.15, -0.1) is 0 Å². The minimum atomic E-state index is -0.324. The smallest absolute Gasteiger partial charge is 0.328 e. The molecular formula is C2H2Br2O2. The van der Waals surface area contributed by atoms with Crippen LogP contribution in [-0.2, 0) is 8.62 Å². The Morgan fingerprint density at radius 1 is 1.83 bits per heavy atom. The molecule has 6 heavy (non-hydrogen) atoms. The van der Waals surface area contributed by atoms with Crippen LogP contribution in [0.15, 0.2) is 0 Å². The molecule has 0 aliphatic carbocycles. The van der Waals surface area contributed by atoms with Crippen molar-refractivity contribution in [1.82, 2.24) is 0 Å². The van der Waals surface area contributed by atoms with Crippen molar-refractivity contribution in [3.8, 4) is 0 Å². The highest BCUT2D eigenvalue weighted by atomic mass is 79.9. The van der Waals surface area contributed by atoms with Crippen molar-refractivity contribution in [2.45, 2.75) is 0 Å². The van der Waals surface area contributed by atoms with Gasteiger partial charge in [-0.3, -0.25) is 4.79 Å². The lowest BCUT2D eigenvalue weighted by atomic mass is 10.8. The number of alkyl halides is 1. The topological polar surface area (TPSA) is 26.3 Å². The van der Waals surface area contributed by atoms with Gasteiger partial charge in [-0.25, -0.2) is 0 Å². The molecule has 0 aromatic rings. The molecule has 0 aliphatic rings. The van der Waals surface area contributed by atoms with Crippen LogP contribution in [0.25, 0.3) is 0 Å². The van der Waals surface area contributed by atoms with Gasteiger partial charge in [-0.2, -0.15) is 0 Å². The maximum atomic E-state index is 9.86. The van der Waals surface area contributed by atoms with Crippen molar-refractivity contribution >= 4 is 38.2 Å². The molecule has 0 fully saturated rings. The first kappa shape index (κ1) is 6.43. The first-order valence-electron chi connectivity index (χ1n) is 1.18. The second kappa shape index (κ2) is 3.61. The van der Waals surface area contributed by atoms with Gasteiger partial charge in [0.2, 0.25) is 0 Å². The van der Waals surface area contributed by atoms with E-state index in [9.17, 15) is 4.79 Å². The Hall–Kier alpha value is 0.430. The van der Waals surface area contributed by atoms with E-state index in [2.05, 4.69) is 36.0 Å². The van der Waals surface area contributed by atoms with Crippen LogP contribution < -0.4 is 0 Å². The average molecular weight is 218 g/mol. The van der Waals surface area contributed by atoms with E-state index in [0.717, 1.165) is 0 Å². The second-order valence-electron chi connectivity index (χ2n) is 0.583. The molecule has 0 atom stereocenters. The Labute approximate surface area is 52.4 Å². The third-order valence-corrected chi connectivity index (χ3v) is 1.01. The van der Waals surface area contributed by atoms with Crippen molar-refractivity contribution in [1.29, 1.82) is 0 Å². The molecule has 0 bridgehead atoms. The quantitative estimate of drug-likeness (QED) is 0.618. The summed E-state index contributed by atoms with van der Waals surface area (Å²) in [4.78, 5) is 9.86. The summed E-state index contributed by atoms with van der Waals surface area (Å²) >= 11 is 5.37. The number of rotatable bonds is 1. The summed E-state index contributed by atoms with van der Waals surface area (Å²) in [6, 6.07) is 0. The molecule has 4 heteroatoms. The first-order valence-corrected chi connectivity index (χ1v) is 2.95. The Kier molecular flexibility index (Phi) is 3.87. The van der Waals surface area contributed by atoms with Crippen LogP contribution in [0.3, 0.4) is 0 Å². The SMILES string of the molecule is O=C(CBr)OBr. The second-order valence-corrected chi connectivity index (χ2v) is 1.47. The predicted octanol–water partition coefficient (Wildman–Crippen LogP) is 1.23. The zero-order valence-electron chi connectivity index (χ0n) is 2.78. The van der Waals surface area contributed by atoms with Gasteiger partial charge in [0.05, 0.1) is 0 Å². The maximum Gasteiger partial charge on any atom is 0.328 e. The molecule has 0 saturated heterocycles. The third kappa shape index (κ3) is 2.66. The highest BCUT2D eigenvalue weighted by Crippen LogP contribution is 1.88. The van der Waals surface area contributed by atoms with Gasteiger partial charge in [0.25, 0.3) is 0 Å². The number of hydrogen-bond acceptors (Lipinski definition) is 2. The van der Waals surface area contributed by atoms with Crippen LogP contribution in [0, 0.1) is 0 Å². The standard InChI is InChI=1S/C2H2Br2O2/c3-1-2(5)6-4/h1H2. The number of carbonyl (C=O) groups is 1. The Morgan fingerprint density at radius 3 is 2.33 bits per heavy atom. The number of carbonyl (C=O) groups excluding carboxylic acids is 1. The van der Waals surface area contributed by atoms with Crippen LogP contribution >= 0.6 is 32.2 Å². The molecule has 0 N–H and O–H groups in total. The van der Waals surface area contributed by atoms with E-state index < -0.39 is 0 Å². The van der Waals surface area contributed by atoms with Gasteiger partial charge < -0.3 is 3.83 Å². The van der Waals surface area contributed by atoms with Crippen molar-refractivity contribution in [3.63, 3.8) is 0 Å². The summed E-state index contributed by atoms with van der Waals surface area (Å²) in [5.74, 6) is -0.324. The summed E-state index contributed by atoms with van der Waals surface area (Å²) in [5, 5.41) is 0.234. The monoisotopic (exact) mass is 216 g/mol. The van der Waals surface area contributed by atoms with Gasteiger partial charge in [-0.05, 0) is 0 Å². The molecule has 0 heterocycles. The zero-order valence-corrected chi connectivity index (χ0v) is 5.95. The van der Waals surface area contributed by atoms with Crippen LogP contribution in [0.4, 0.5) is 0 Å². The van der Waals surface area contributed by atoms with Gasteiger partial charge in [0, 0.05) is 0 Å². The summed E-state index contributed by atoms with van der Waals surface area (Å²) in [6.45, 7) is 0. The third-order valence-electron chi connectivity index (χ3n) is 0.195. The van der Waals surface area contributed by atoms with E-state index in [-0.39, 0.29) is 11.3 Å². The highest BCUT2D eigenvalue weighted by molar-refractivity contribution is 9.09. The van der Waals surface area contributed by atoms with E-state index in [1.165, 1.54) is 0 Å². The molecule has 0 aliphatic heterocycles. The molecular weight excluding hydrogens is 216 g/mol. The van der Waals surface area contributed by atoms with Crippen molar-refractivity contribution < 1.29 is 8.62 Å². The van der Waals surface area contributed by atoms with E-state index in [4.69, 9.17) is 0 Å². The Bertz CT molecular complexity index is 47.5. The zero-order chi connectivity index (χ0) is 4.99. The highest BCUT2D eigenvalue weighted by Gasteiger charge is 1.91. The minimum absolute atomic E-state index is 0.234. The molecule has 0 unspecified atom stereocenters. The largest absolute Gasteiger partial charge is 0.383 e. The lowest BCUT2D eigenvalue weighted by molar-refractivity contribution is -0.129. The molecule has 0 saturated carbocycles. The van der Waals surface area contributed by atoms with Gasteiger partial charge in [0.1, 0.15) is 5.33 Å². The summed E-state index contributed by atoms with van der Waals surface area (Å²) in [6.07, 6.45) is 0. The molecule has 0 aromatic heterocycles. The molecule has 2 nitrogen and oxygen atoms in total. The summed E-state index contributed by atoms with van der Waals surface area (Å²) in [5.41, 5.74) is 0. The lowest BCUT2D eigenvalue weighted by Gasteiger charge is -1.81. The van der Waals surface area contributed by atoms with E-state index in [0.29, 0.717) is 0 Å². The van der Waals surface area contributed by atoms with Crippen molar-refractivity contribution in [2.75, 3.05) is 5.33 Å². The van der Waals surface area contributed by atoms with Gasteiger partial charge in [-0.1, -0.05) is 15.9 Å². The maximum absolute atomic E-state index is 9.86. The van der Waals surface area contributed by atoms with E-state index in [1.807, 2.05) is 0 Å². The first-order chi connectivity index (χ1) is 2.81. The number of hydrogen-bond donors (Lipinski definition) is 0. The molecule has 0 spiro atoms. The summed E-state index contributed by atoms with van der Waals surface area (Å²) < 4.78 is 4.03. The Morgan fingerprint density at radius 2 is 2.33 bits per heavy atom.